The molecule has 0 fully saturated rings. The lowest BCUT2D eigenvalue weighted by atomic mass is 10.1. The van der Waals surface area contributed by atoms with Crippen molar-refractivity contribution < 1.29 is 22.8 Å². The van der Waals surface area contributed by atoms with E-state index in [0.29, 0.717) is 5.56 Å². The zero-order chi connectivity index (χ0) is 17.9. The first kappa shape index (κ1) is 17.5. The van der Waals surface area contributed by atoms with Crippen LogP contribution in [-0.2, 0) is 9.84 Å². The van der Waals surface area contributed by atoms with Gasteiger partial charge in [-0.2, -0.15) is 0 Å². The lowest BCUT2D eigenvalue weighted by Crippen LogP contribution is -2.05. The average Bonchev–Trinajstić information content (AvgIpc) is 2.50. The third kappa shape index (κ3) is 3.93. The molecule has 2 rings (SSSR count). The molecule has 0 aliphatic heterocycles. The normalized spacial score (nSPS) is 11.8. The Balaban J connectivity index is 2.26. The first-order valence-corrected chi connectivity index (χ1v) is 8.32. The van der Waals surface area contributed by atoms with Crippen LogP contribution < -0.4 is 0 Å². The van der Waals surface area contributed by atoms with E-state index >= 15 is 0 Å². The van der Waals surface area contributed by atoms with Crippen LogP contribution in [0.15, 0.2) is 46.3 Å². The number of nitro groups is 1. The first-order chi connectivity index (χ1) is 11.2. The van der Waals surface area contributed by atoms with Gasteiger partial charge < -0.3 is 5.11 Å². The Hall–Kier alpha value is -2.81. The Morgan fingerprint density at radius 2 is 1.92 bits per heavy atom. The van der Waals surface area contributed by atoms with Crippen LogP contribution in [0.1, 0.15) is 11.1 Å². The number of rotatable bonds is 5. The summed E-state index contributed by atoms with van der Waals surface area (Å²) in [5.74, 6) is -1.79. The van der Waals surface area contributed by atoms with E-state index in [4.69, 9.17) is 0 Å². The molecular formula is C15H13FN2O5S. The number of phenols is 1. The van der Waals surface area contributed by atoms with Gasteiger partial charge in [-0.1, -0.05) is 0 Å². The van der Waals surface area contributed by atoms with Gasteiger partial charge in [0.1, 0.15) is 11.7 Å². The maximum Gasteiger partial charge on any atom is 0.311 e. The highest BCUT2D eigenvalue weighted by atomic mass is 32.2. The van der Waals surface area contributed by atoms with Crippen LogP contribution >= 0.6 is 0 Å². The van der Waals surface area contributed by atoms with Crippen LogP contribution in [0.3, 0.4) is 0 Å². The van der Waals surface area contributed by atoms with E-state index in [1.165, 1.54) is 12.1 Å². The first-order valence-electron chi connectivity index (χ1n) is 6.67. The lowest BCUT2D eigenvalue weighted by molar-refractivity contribution is -0.385. The van der Waals surface area contributed by atoms with Gasteiger partial charge in [-0.3, -0.25) is 15.1 Å². The lowest BCUT2D eigenvalue weighted by Gasteiger charge is -2.03. The van der Waals surface area contributed by atoms with Crippen LogP contribution in [-0.4, -0.2) is 30.5 Å². The Morgan fingerprint density at radius 1 is 1.29 bits per heavy atom. The average molecular weight is 352 g/mol. The fraction of sp³-hybridized carbons (Fsp3) is 0.133. The largest absolute Gasteiger partial charge is 0.502 e. The summed E-state index contributed by atoms with van der Waals surface area (Å²) in [6, 6.07) is 6.92. The van der Waals surface area contributed by atoms with Crippen molar-refractivity contribution in [1.29, 1.82) is 0 Å². The third-order valence-corrected chi connectivity index (χ3v) is 4.59. The number of halogens is 1. The van der Waals surface area contributed by atoms with Crippen LogP contribution in [0.5, 0.6) is 5.75 Å². The zero-order valence-electron chi connectivity index (χ0n) is 12.5. The SMILES string of the molecule is Cc1cc(C=NCS(=O)(=O)c2ccc(F)cc2)c(O)c([N+](=O)[O-])c1. The van der Waals surface area contributed by atoms with E-state index in [1.807, 2.05) is 0 Å². The topological polar surface area (TPSA) is 110 Å². The summed E-state index contributed by atoms with van der Waals surface area (Å²) >= 11 is 0. The molecule has 0 unspecified atom stereocenters. The molecular weight excluding hydrogens is 339 g/mol. The van der Waals surface area contributed by atoms with E-state index in [-0.39, 0.29) is 10.5 Å². The van der Waals surface area contributed by atoms with Crippen molar-refractivity contribution in [2.75, 3.05) is 5.88 Å². The Kier molecular flexibility index (Phi) is 4.93. The molecule has 7 nitrogen and oxygen atoms in total. The number of aromatic hydroxyl groups is 1. The fourth-order valence-corrected chi connectivity index (χ4v) is 2.95. The smallest absolute Gasteiger partial charge is 0.311 e. The van der Waals surface area contributed by atoms with E-state index < -0.39 is 37.9 Å². The molecule has 2 aromatic carbocycles. The number of phenolic OH excluding ortho intramolecular Hbond substituents is 1. The summed E-state index contributed by atoms with van der Waals surface area (Å²) < 4.78 is 36.9. The summed E-state index contributed by atoms with van der Waals surface area (Å²) in [6.07, 6.45) is 1.05. The molecule has 126 valence electrons. The van der Waals surface area contributed by atoms with Crippen molar-refractivity contribution in [3.05, 3.63) is 63.5 Å². The molecule has 2 aromatic rings. The minimum absolute atomic E-state index is 0.0380. The predicted octanol–water partition coefficient (Wildman–Crippen LogP) is 2.60. The van der Waals surface area contributed by atoms with Crippen molar-refractivity contribution in [2.24, 2.45) is 4.99 Å². The molecule has 1 N–H and O–H groups in total. The number of nitrogens with zero attached hydrogens (tertiary/aromatic N) is 2. The van der Waals surface area contributed by atoms with E-state index in [2.05, 4.69) is 4.99 Å². The van der Waals surface area contributed by atoms with Gasteiger partial charge in [0.15, 0.2) is 9.84 Å². The summed E-state index contributed by atoms with van der Waals surface area (Å²) in [6.45, 7) is 1.60. The van der Waals surface area contributed by atoms with Gasteiger partial charge in [-0.25, -0.2) is 12.8 Å². The van der Waals surface area contributed by atoms with Crippen molar-refractivity contribution >= 4 is 21.7 Å². The molecule has 0 radical (unpaired) electrons. The molecule has 0 aromatic heterocycles. The number of aryl methyl sites for hydroxylation is 1. The molecule has 0 heterocycles. The molecule has 0 aliphatic rings. The molecule has 0 saturated heterocycles. The second kappa shape index (κ2) is 6.75. The van der Waals surface area contributed by atoms with E-state index in [0.717, 1.165) is 30.5 Å². The number of hydrogen-bond acceptors (Lipinski definition) is 6. The molecule has 24 heavy (non-hydrogen) atoms. The number of benzene rings is 2. The van der Waals surface area contributed by atoms with Gasteiger partial charge in [0.05, 0.1) is 9.82 Å². The summed E-state index contributed by atoms with van der Waals surface area (Å²) in [7, 11) is -3.78. The van der Waals surface area contributed by atoms with Crippen LogP contribution in [0.4, 0.5) is 10.1 Å². The van der Waals surface area contributed by atoms with Gasteiger partial charge in [0, 0.05) is 17.8 Å². The third-order valence-electron chi connectivity index (χ3n) is 3.11. The second-order valence-corrected chi connectivity index (χ2v) is 6.95. The number of sulfone groups is 1. The number of nitro benzene ring substituents is 1. The number of aliphatic imine (C=N–C) groups is 1. The molecule has 0 saturated carbocycles. The maximum absolute atomic E-state index is 12.8. The molecule has 0 aliphatic carbocycles. The van der Waals surface area contributed by atoms with Crippen LogP contribution in [0, 0.1) is 22.9 Å². The zero-order valence-corrected chi connectivity index (χ0v) is 13.3. The highest BCUT2D eigenvalue weighted by Gasteiger charge is 2.17. The Bertz CT molecular complexity index is 908. The fourth-order valence-electron chi connectivity index (χ4n) is 1.97. The molecule has 0 bridgehead atoms. The molecule has 0 atom stereocenters. The second-order valence-electron chi connectivity index (χ2n) is 4.99. The van der Waals surface area contributed by atoms with Gasteiger partial charge in [-0.05, 0) is 42.8 Å². The van der Waals surface area contributed by atoms with Crippen molar-refractivity contribution in [2.45, 2.75) is 11.8 Å². The monoisotopic (exact) mass is 352 g/mol. The molecule has 9 heteroatoms. The maximum atomic E-state index is 12.8. The predicted molar refractivity (Wildman–Crippen MR) is 85.5 cm³/mol. The van der Waals surface area contributed by atoms with Crippen LogP contribution in [0.25, 0.3) is 0 Å². The van der Waals surface area contributed by atoms with Crippen molar-refractivity contribution in [3.8, 4) is 5.75 Å². The molecule has 0 amide bonds. The molecule has 0 spiro atoms. The van der Waals surface area contributed by atoms with E-state index in [9.17, 15) is 28.0 Å². The van der Waals surface area contributed by atoms with Gasteiger partial charge in [0.2, 0.25) is 5.75 Å². The van der Waals surface area contributed by atoms with E-state index in [1.54, 1.807) is 6.92 Å². The van der Waals surface area contributed by atoms with Crippen molar-refractivity contribution in [3.63, 3.8) is 0 Å². The minimum Gasteiger partial charge on any atom is -0.502 e. The quantitative estimate of drug-likeness (QED) is 0.385. The van der Waals surface area contributed by atoms with Crippen molar-refractivity contribution in [1.82, 2.24) is 0 Å². The summed E-state index contributed by atoms with van der Waals surface area (Å²) in [5, 5.41) is 20.7. The van der Waals surface area contributed by atoms with Gasteiger partial charge in [-0.15, -0.1) is 0 Å². The minimum atomic E-state index is -3.78. The van der Waals surface area contributed by atoms with Crippen LogP contribution in [0.2, 0.25) is 0 Å². The highest BCUT2D eigenvalue weighted by Crippen LogP contribution is 2.30. The van der Waals surface area contributed by atoms with Gasteiger partial charge >= 0.3 is 5.69 Å². The Labute approximate surface area is 137 Å². The highest BCUT2D eigenvalue weighted by molar-refractivity contribution is 7.91. The Morgan fingerprint density at radius 3 is 2.50 bits per heavy atom. The van der Waals surface area contributed by atoms with Gasteiger partial charge in [0.25, 0.3) is 0 Å². The summed E-state index contributed by atoms with van der Waals surface area (Å²) in [4.78, 5) is 13.7. The number of hydrogen-bond donors (Lipinski definition) is 1. The summed E-state index contributed by atoms with van der Waals surface area (Å²) in [5.41, 5.74) is 0.0659. The standard InChI is InChI=1S/C15H13FN2O5S/c1-10-6-11(15(19)14(7-10)18(20)21)8-17-9-24(22,23)13-4-2-12(16)3-5-13/h2-8,19H,9H2,1H3.